The number of piperidine rings is 1. The zero-order valence-corrected chi connectivity index (χ0v) is 10.5. The molecule has 1 aliphatic rings. The Balaban J connectivity index is 2.49. The summed E-state index contributed by atoms with van der Waals surface area (Å²) in [6.45, 7) is 7.73. The third kappa shape index (κ3) is 3.59. The lowest BCUT2D eigenvalue weighted by Crippen LogP contribution is -2.45. The Labute approximate surface area is 97.2 Å². The first kappa shape index (κ1) is 13.2. The summed E-state index contributed by atoms with van der Waals surface area (Å²) in [7, 11) is 0. The van der Waals surface area contributed by atoms with Crippen LogP contribution in [0.2, 0.25) is 0 Å². The zero-order valence-electron chi connectivity index (χ0n) is 10.5. The van der Waals surface area contributed by atoms with Crippen molar-refractivity contribution in [2.75, 3.05) is 19.6 Å². The highest BCUT2D eigenvalue weighted by Crippen LogP contribution is 2.19. The molecule has 0 saturated carbocycles. The summed E-state index contributed by atoms with van der Waals surface area (Å²) >= 11 is 0. The molecule has 0 aliphatic carbocycles. The molecule has 0 aromatic rings. The number of ketones is 1. The summed E-state index contributed by atoms with van der Waals surface area (Å²) < 4.78 is 0. The largest absolute Gasteiger partial charge is 0.369 e. The van der Waals surface area contributed by atoms with Gasteiger partial charge in [0.1, 0.15) is 0 Å². The third-order valence-electron chi connectivity index (χ3n) is 3.11. The summed E-state index contributed by atoms with van der Waals surface area (Å²) in [5.74, 6) is -0.105. The van der Waals surface area contributed by atoms with E-state index in [-0.39, 0.29) is 23.0 Å². The van der Waals surface area contributed by atoms with E-state index in [9.17, 15) is 9.59 Å². The number of carbonyl (C=O) groups is 2. The van der Waals surface area contributed by atoms with Crippen LogP contribution in [0, 0.1) is 11.3 Å². The molecular weight excluding hydrogens is 204 g/mol. The molecular formula is C12H22N2O2. The number of nitrogens with two attached hydrogens (primary N) is 1. The van der Waals surface area contributed by atoms with Gasteiger partial charge in [-0.3, -0.25) is 14.5 Å². The van der Waals surface area contributed by atoms with E-state index in [2.05, 4.69) is 0 Å². The van der Waals surface area contributed by atoms with E-state index >= 15 is 0 Å². The fourth-order valence-electron chi connectivity index (χ4n) is 1.87. The molecule has 1 rings (SSSR count). The van der Waals surface area contributed by atoms with Gasteiger partial charge in [0.05, 0.1) is 12.5 Å². The molecule has 0 aromatic carbocycles. The number of hydrogen-bond acceptors (Lipinski definition) is 3. The summed E-state index contributed by atoms with van der Waals surface area (Å²) in [6.07, 6.45) is 1.81. The van der Waals surface area contributed by atoms with Crippen molar-refractivity contribution in [1.29, 1.82) is 0 Å². The van der Waals surface area contributed by atoms with Gasteiger partial charge < -0.3 is 5.73 Å². The molecule has 1 unspecified atom stereocenters. The molecule has 0 spiro atoms. The van der Waals surface area contributed by atoms with E-state index < -0.39 is 0 Å². The molecule has 0 bridgehead atoms. The number of Topliss-reactive ketones (excluding diaryl/α,β-unsaturated/α-hetero) is 1. The van der Waals surface area contributed by atoms with Crippen LogP contribution < -0.4 is 5.73 Å². The first-order valence-electron chi connectivity index (χ1n) is 5.85. The van der Waals surface area contributed by atoms with E-state index in [0.29, 0.717) is 13.1 Å². The van der Waals surface area contributed by atoms with Crippen molar-refractivity contribution in [2.45, 2.75) is 33.6 Å². The Kier molecular flexibility index (Phi) is 4.08. The van der Waals surface area contributed by atoms with Crippen LogP contribution in [0.25, 0.3) is 0 Å². The number of hydrogen-bond donors (Lipinski definition) is 1. The highest BCUT2D eigenvalue weighted by molar-refractivity contribution is 5.85. The van der Waals surface area contributed by atoms with Gasteiger partial charge in [-0.25, -0.2) is 0 Å². The molecule has 1 aliphatic heterocycles. The Morgan fingerprint density at radius 1 is 1.38 bits per heavy atom. The van der Waals surface area contributed by atoms with Crippen LogP contribution in [0.5, 0.6) is 0 Å². The fraction of sp³-hybridized carbons (Fsp3) is 0.833. The van der Waals surface area contributed by atoms with Crippen molar-refractivity contribution in [1.82, 2.24) is 4.90 Å². The van der Waals surface area contributed by atoms with Gasteiger partial charge in [-0.2, -0.15) is 0 Å². The summed E-state index contributed by atoms with van der Waals surface area (Å²) in [5.41, 5.74) is 4.99. The summed E-state index contributed by atoms with van der Waals surface area (Å²) in [4.78, 5) is 25.0. The second-order valence-electron chi connectivity index (χ2n) is 5.65. The molecule has 1 fully saturated rings. The average molecular weight is 226 g/mol. The van der Waals surface area contributed by atoms with E-state index in [1.54, 1.807) is 0 Å². The number of amides is 1. The van der Waals surface area contributed by atoms with Crippen LogP contribution in [0.1, 0.15) is 33.6 Å². The molecule has 0 radical (unpaired) electrons. The van der Waals surface area contributed by atoms with Gasteiger partial charge in [-0.05, 0) is 19.4 Å². The molecule has 0 aromatic heterocycles. The summed E-state index contributed by atoms with van der Waals surface area (Å²) in [5, 5.41) is 0. The Hall–Kier alpha value is -0.900. The smallest absolute Gasteiger partial charge is 0.221 e. The van der Waals surface area contributed by atoms with Crippen LogP contribution in [-0.4, -0.2) is 36.2 Å². The van der Waals surface area contributed by atoms with Crippen molar-refractivity contribution >= 4 is 11.7 Å². The number of nitrogens with zero attached hydrogens (tertiary/aromatic N) is 1. The second-order valence-corrected chi connectivity index (χ2v) is 5.65. The number of primary amides is 1. The molecule has 4 heteroatoms. The normalized spacial score (nSPS) is 23.1. The number of rotatable bonds is 3. The lowest BCUT2D eigenvalue weighted by Gasteiger charge is -2.32. The second kappa shape index (κ2) is 4.95. The maximum atomic E-state index is 11.9. The average Bonchev–Trinajstić information content (AvgIpc) is 2.16. The van der Waals surface area contributed by atoms with Gasteiger partial charge in [0.15, 0.2) is 5.78 Å². The van der Waals surface area contributed by atoms with Gasteiger partial charge in [-0.15, -0.1) is 0 Å². The van der Waals surface area contributed by atoms with Gasteiger partial charge in [0, 0.05) is 12.0 Å². The van der Waals surface area contributed by atoms with Gasteiger partial charge in [-0.1, -0.05) is 20.8 Å². The molecule has 1 atom stereocenters. The Bertz CT molecular complexity index is 281. The molecule has 16 heavy (non-hydrogen) atoms. The van der Waals surface area contributed by atoms with Crippen LogP contribution in [0.3, 0.4) is 0 Å². The minimum Gasteiger partial charge on any atom is -0.369 e. The van der Waals surface area contributed by atoms with E-state index in [1.807, 2.05) is 25.7 Å². The predicted octanol–water partition coefficient (Wildman–Crippen LogP) is 0.799. The van der Waals surface area contributed by atoms with E-state index in [1.165, 1.54) is 0 Å². The Morgan fingerprint density at radius 3 is 2.50 bits per heavy atom. The first-order chi connectivity index (χ1) is 7.30. The van der Waals surface area contributed by atoms with Crippen molar-refractivity contribution in [3.8, 4) is 0 Å². The standard InChI is InChI=1S/C12H22N2O2/c1-12(2,3)10(15)8-14-6-4-5-9(7-14)11(13)16/h9H,4-8H2,1-3H3,(H2,13,16). The lowest BCUT2D eigenvalue weighted by atomic mass is 9.89. The van der Waals surface area contributed by atoms with E-state index in [4.69, 9.17) is 5.73 Å². The fourth-order valence-corrected chi connectivity index (χ4v) is 1.87. The molecule has 1 heterocycles. The van der Waals surface area contributed by atoms with Gasteiger partial charge in [0.2, 0.25) is 5.91 Å². The van der Waals surface area contributed by atoms with E-state index in [0.717, 1.165) is 19.4 Å². The van der Waals surface area contributed by atoms with Crippen molar-refractivity contribution in [3.05, 3.63) is 0 Å². The van der Waals surface area contributed by atoms with Crippen LogP contribution in [0.4, 0.5) is 0 Å². The van der Waals surface area contributed by atoms with Gasteiger partial charge >= 0.3 is 0 Å². The predicted molar refractivity (Wildman–Crippen MR) is 62.8 cm³/mol. The SMILES string of the molecule is CC(C)(C)C(=O)CN1CCCC(C(N)=O)C1. The molecule has 4 nitrogen and oxygen atoms in total. The third-order valence-corrected chi connectivity index (χ3v) is 3.11. The monoisotopic (exact) mass is 226 g/mol. The van der Waals surface area contributed by atoms with Gasteiger partial charge in [0.25, 0.3) is 0 Å². The first-order valence-corrected chi connectivity index (χ1v) is 5.85. The summed E-state index contributed by atoms with van der Waals surface area (Å²) in [6, 6.07) is 0. The van der Waals surface area contributed by atoms with Crippen molar-refractivity contribution in [2.24, 2.45) is 17.1 Å². The Morgan fingerprint density at radius 2 is 2.00 bits per heavy atom. The van der Waals surface area contributed by atoms with Crippen molar-refractivity contribution < 1.29 is 9.59 Å². The quantitative estimate of drug-likeness (QED) is 0.774. The van der Waals surface area contributed by atoms with Crippen LogP contribution in [0.15, 0.2) is 0 Å². The highest BCUT2D eigenvalue weighted by Gasteiger charge is 2.28. The topological polar surface area (TPSA) is 63.4 Å². The molecule has 92 valence electrons. The highest BCUT2D eigenvalue weighted by atomic mass is 16.1. The van der Waals surface area contributed by atoms with Crippen molar-refractivity contribution in [3.63, 3.8) is 0 Å². The molecule has 2 N–H and O–H groups in total. The molecule has 1 amide bonds. The maximum absolute atomic E-state index is 11.9. The van der Waals surface area contributed by atoms with Crippen LogP contribution in [-0.2, 0) is 9.59 Å². The zero-order chi connectivity index (χ0) is 12.3. The molecule has 1 saturated heterocycles. The number of likely N-dealkylation sites (tertiary alicyclic amines) is 1. The number of carbonyl (C=O) groups excluding carboxylic acids is 2. The lowest BCUT2D eigenvalue weighted by molar-refractivity contribution is -0.130. The minimum atomic E-state index is -0.306. The van der Waals surface area contributed by atoms with Crippen LogP contribution >= 0.6 is 0 Å². The maximum Gasteiger partial charge on any atom is 0.221 e. The minimum absolute atomic E-state index is 0.0819.